The van der Waals surface area contributed by atoms with Gasteiger partial charge in [-0.1, -0.05) is 41.4 Å². The van der Waals surface area contributed by atoms with Crippen molar-refractivity contribution >= 4 is 34.0 Å². The molecule has 128 valence electrons. The Hall–Kier alpha value is -1.94. The lowest BCUT2D eigenvalue weighted by Gasteiger charge is -2.33. The second-order valence-corrected chi connectivity index (χ2v) is 7.05. The summed E-state index contributed by atoms with van der Waals surface area (Å²) in [6.45, 7) is 0. The molecule has 2 atom stereocenters. The first-order chi connectivity index (χ1) is 12.1. The van der Waals surface area contributed by atoms with Crippen molar-refractivity contribution in [3.8, 4) is 11.5 Å². The maximum atomic E-state index is 6.45. The maximum Gasteiger partial charge on any atom is 0.141 e. The fourth-order valence-electron chi connectivity index (χ4n) is 3.38. The third-order valence-corrected chi connectivity index (χ3v) is 5.21. The highest BCUT2D eigenvalue weighted by Crippen LogP contribution is 2.41. The van der Waals surface area contributed by atoms with Gasteiger partial charge in [0.25, 0.3) is 0 Å². The van der Waals surface area contributed by atoms with Gasteiger partial charge in [-0.3, -0.25) is 0 Å². The summed E-state index contributed by atoms with van der Waals surface area (Å²) in [7, 11) is 1.66. The van der Waals surface area contributed by atoms with Crippen molar-refractivity contribution in [2.45, 2.75) is 18.6 Å². The van der Waals surface area contributed by atoms with Crippen LogP contribution in [0.2, 0.25) is 10.0 Å². The third kappa shape index (κ3) is 2.93. The van der Waals surface area contributed by atoms with E-state index in [9.17, 15) is 0 Å². The summed E-state index contributed by atoms with van der Waals surface area (Å²) in [6, 6.07) is 15.3. The predicted octanol–water partition coefficient (Wildman–Crippen LogP) is 5.16. The Morgan fingerprint density at radius 2 is 1.88 bits per heavy atom. The molecule has 0 unspecified atom stereocenters. The molecule has 0 saturated carbocycles. The van der Waals surface area contributed by atoms with Crippen molar-refractivity contribution in [2.24, 2.45) is 5.73 Å². The van der Waals surface area contributed by atoms with Gasteiger partial charge in [0.05, 0.1) is 13.2 Å². The van der Waals surface area contributed by atoms with Crippen molar-refractivity contribution in [3.05, 3.63) is 69.7 Å². The van der Waals surface area contributed by atoms with Gasteiger partial charge in [0.2, 0.25) is 0 Å². The third-order valence-electron chi connectivity index (χ3n) is 4.65. The second-order valence-electron chi connectivity index (χ2n) is 6.20. The normalized spacial score (nSPS) is 19.4. The zero-order valence-electron chi connectivity index (χ0n) is 13.6. The number of hydrogen-bond acceptors (Lipinski definition) is 3. The van der Waals surface area contributed by atoms with Crippen LogP contribution >= 0.6 is 23.2 Å². The molecule has 3 aromatic carbocycles. The summed E-state index contributed by atoms with van der Waals surface area (Å²) in [5, 5.41) is 3.40. The van der Waals surface area contributed by atoms with Crippen molar-refractivity contribution in [2.75, 3.05) is 7.11 Å². The Morgan fingerprint density at radius 1 is 1.08 bits per heavy atom. The maximum absolute atomic E-state index is 6.45. The predicted molar refractivity (Wildman–Crippen MR) is 102 cm³/mol. The van der Waals surface area contributed by atoms with Crippen molar-refractivity contribution in [1.29, 1.82) is 0 Å². The van der Waals surface area contributed by atoms with Gasteiger partial charge in [-0.15, -0.1) is 0 Å². The molecule has 1 heterocycles. The molecule has 4 rings (SSSR count). The summed E-state index contributed by atoms with van der Waals surface area (Å²) in [4.78, 5) is 0. The molecule has 3 aromatic rings. The molecule has 0 saturated heterocycles. The van der Waals surface area contributed by atoms with Crippen LogP contribution in [0.15, 0.2) is 48.5 Å². The Kier molecular flexibility index (Phi) is 4.24. The van der Waals surface area contributed by atoms with Gasteiger partial charge >= 0.3 is 0 Å². The Bertz CT molecular complexity index is 958. The highest BCUT2D eigenvalue weighted by molar-refractivity contribution is 6.35. The van der Waals surface area contributed by atoms with Crippen LogP contribution in [0.1, 0.15) is 17.2 Å². The van der Waals surface area contributed by atoms with E-state index in [1.807, 2.05) is 36.4 Å². The van der Waals surface area contributed by atoms with Crippen molar-refractivity contribution in [1.82, 2.24) is 0 Å². The fraction of sp³-hybridized carbons (Fsp3) is 0.200. The highest BCUT2D eigenvalue weighted by Gasteiger charge is 2.31. The number of hydrogen-bond donors (Lipinski definition) is 1. The number of fused-ring (bicyclic) bond motifs is 3. The zero-order valence-corrected chi connectivity index (χ0v) is 15.1. The van der Waals surface area contributed by atoms with Crippen LogP contribution in [0, 0.1) is 0 Å². The van der Waals surface area contributed by atoms with E-state index >= 15 is 0 Å². The van der Waals surface area contributed by atoms with Gasteiger partial charge in [-0.2, -0.15) is 0 Å². The Labute approximate surface area is 156 Å². The number of halogens is 2. The van der Waals surface area contributed by atoms with Crippen LogP contribution in [0.25, 0.3) is 10.8 Å². The van der Waals surface area contributed by atoms with Gasteiger partial charge in [0, 0.05) is 21.2 Å². The minimum Gasteiger partial charge on any atom is -0.497 e. The minimum absolute atomic E-state index is 0.206. The summed E-state index contributed by atoms with van der Waals surface area (Å²) in [5.74, 6) is 1.65. The van der Waals surface area contributed by atoms with Crippen molar-refractivity contribution in [3.63, 3.8) is 0 Å². The fourth-order valence-corrected chi connectivity index (χ4v) is 3.90. The number of nitrogens with two attached hydrogens (primary N) is 1. The van der Waals surface area contributed by atoms with Crippen molar-refractivity contribution < 1.29 is 9.47 Å². The number of benzene rings is 3. The van der Waals surface area contributed by atoms with E-state index in [-0.39, 0.29) is 12.1 Å². The van der Waals surface area contributed by atoms with Gasteiger partial charge in [-0.25, -0.2) is 0 Å². The summed E-state index contributed by atoms with van der Waals surface area (Å²) in [5.41, 5.74) is 8.41. The molecular formula is C20H17Cl2NO2. The smallest absolute Gasteiger partial charge is 0.141 e. The van der Waals surface area contributed by atoms with E-state index in [4.69, 9.17) is 38.4 Å². The molecule has 1 aliphatic heterocycles. The summed E-state index contributed by atoms with van der Waals surface area (Å²) < 4.78 is 11.6. The monoisotopic (exact) mass is 373 g/mol. The molecule has 0 radical (unpaired) electrons. The first-order valence-electron chi connectivity index (χ1n) is 8.03. The molecule has 2 N–H and O–H groups in total. The van der Waals surface area contributed by atoms with Crippen LogP contribution in [0.5, 0.6) is 11.5 Å². The molecule has 0 aliphatic carbocycles. The largest absolute Gasteiger partial charge is 0.497 e. The summed E-state index contributed by atoms with van der Waals surface area (Å²) in [6.07, 6.45) is 0.393. The molecule has 0 fully saturated rings. The Morgan fingerprint density at radius 3 is 2.64 bits per heavy atom. The van der Waals surface area contributed by atoms with Gasteiger partial charge < -0.3 is 15.2 Å². The molecule has 5 heteroatoms. The van der Waals surface area contributed by atoms with Crippen LogP contribution in [-0.4, -0.2) is 13.2 Å². The minimum atomic E-state index is -0.305. The van der Waals surface area contributed by atoms with Gasteiger partial charge in [0.1, 0.15) is 17.6 Å². The molecule has 25 heavy (non-hydrogen) atoms. The van der Waals surface area contributed by atoms with Crippen LogP contribution in [-0.2, 0) is 6.42 Å². The van der Waals surface area contributed by atoms with Crippen LogP contribution < -0.4 is 15.2 Å². The first-order valence-corrected chi connectivity index (χ1v) is 8.79. The van der Waals surface area contributed by atoms with Crippen LogP contribution in [0.4, 0.5) is 0 Å². The quantitative estimate of drug-likeness (QED) is 0.674. The first kappa shape index (κ1) is 16.5. The average molecular weight is 374 g/mol. The van der Waals surface area contributed by atoms with E-state index < -0.39 is 0 Å². The van der Waals surface area contributed by atoms with E-state index in [2.05, 4.69) is 0 Å². The lowest BCUT2D eigenvalue weighted by Crippen LogP contribution is -2.37. The van der Waals surface area contributed by atoms with Gasteiger partial charge in [0.15, 0.2) is 0 Å². The van der Waals surface area contributed by atoms with Gasteiger partial charge in [-0.05, 0) is 47.5 Å². The molecule has 3 nitrogen and oxygen atoms in total. The molecule has 0 spiro atoms. The lowest BCUT2D eigenvalue weighted by atomic mass is 9.90. The topological polar surface area (TPSA) is 44.5 Å². The molecule has 0 amide bonds. The van der Waals surface area contributed by atoms with E-state index in [1.165, 1.54) is 0 Å². The van der Waals surface area contributed by atoms with E-state index in [0.717, 1.165) is 33.4 Å². The average Bonchev–Trinajstić information content (AvgIpc) is 2.61. The number of methoxy groups -OCH3 is 1. The summed E-state index contributed by atoms with van der Waals surface area (Å²) >= 11 is 12.4. The SMILES string of the molecule is COc1ccc2ccc3c(c2c1)C[C@@H](N)[C@H](c1ccc(Cl)cc1Cl)O3. The highest BCUT2D eigenvalue weighted by atomic mass is 35.5. The van der Waals surface area contributed by atoms with E-state index in [1.54, 1.807) is 19.2 Å². The molecule has 0 aromatic heterocycles. The zero-order chi connectivity index (χ0) is 17.6. The number of rotatable bonds is 2. The number of ether oxygens (including phenoxy) is 2. The van der Waals surface area contributed by atoms with E-state index in [0.29, 0.717) is 16.5 Å². The lowest BCUT2D eigenvalue weighted by molar-refractivity contribution is 0.154. The molecule has 0 bridgehead atoms. The van der Waals surface area contributed by atoms with Crippen LogP contribution in [0.3, 0.4) is 0 Å². The molecular weight excluding hydrogens is 357 g/mol. The standard InChI is InChI=1S/C20H17Cl2NO2/c1-24-13-5-2-11-3-7-19-16(15(11)9-13)10-18(23)20(25-19)14-6-4-12(21)8-17(14)22/h2-9,18,20H,10,23H2,1H3/t18-,20+/m1/s1. The second kappa shape index (κ2) is 6.41. The Balaban J connectivity index is 1.79. The molecule has 1 aliphatic rings.